The van der Waals surface area contributed by atoms with Crippen LogP contribution in [0.3, 0.4) is 0 Å². The van der Waals surface area contributed by atoms with E-state index in [4.69, 9.17) is 8.85 Å². The molecule has 7 heteroatoms. The second-order valence-corrected chi connectivity index (χ2v) is 7.21. The van der Waals surface area contributed by atoms with Gasteiger partial charge in [0, 0.05) is 17.4 Å². The molecule has 0 spiro atoms. The summed E-state index contributed by atoms with van der Waals surface area (Å²) in [6, 6.07) is 4.47. The van der Waals surface area contributed by atoms with E-state index in [1.807, 2.05) is 0 Å². The van der Waals surface area contributed by atoms with E-state index >= 15 is 0 Å². The molecule has 0 saturated heterocycles. The number of hydrogen-bond acceptors (Lipinski definition) is 3. The molecule has 1 aromatic rings. The second-order valence-electron chi connectivity index (χ2n) is 4.99. The average Bonchev–Trinajstić information content (AvgIpc) is 2.25. The molecule has 0 radical (unpaired) electrons. The fourth-order valence-electron chi connectivity index (χ4n) is 1.69. The number of halogens is 3. The molecule has 0 aromatic heterocycles. The van der Waals surface area contributed by atoms with Crippen molar-refractivity contribution in [2.45, 2.75) is 46.1 Å². The predicted molar refractivity (Wildman–Crippen MR) is 71.5 cm³/mol. The largest absolute Gasteiger partial charge is 0.534 e. The Balaban J connectivity index is 3.20. The molecule has 114 valence electrons. The highest BCUT2D eigenvalue weighted by atomic mass is 28.4. The van der Waals surface area contributed by atoms with E-state index in [2.05, 4.69) is 0 Å². The molecule has 0 bridgehead atoms. The van der Waals surface area contributed by atoms with Crippen molar-refractivity contribution >= 4 is 14.0 Å². The topological polar surface area (TPSA) is 38.7 Å². The summed E-state index contributed by atoms with van der Waals surface area (Å²) in [4.78, 5) is 10.5. The van der Waals surface area contributed by atoms with Crippen LogP contribution in [-0.2, 0) is 15.0 Å². The Bertz CT molecular complexity index is 437. The van der Waals surface area contributed by atoms with Gasteiger partial charge in [0.15, 0.2) is 0 Å². The van der Waals surface area contributed by atoms with E-state index in [0.29, 0.717) is 0 Å². The van der Waals surface area contributed by atoms with Gasteiger partial charge in [0.1, 0.15) is 0 Å². The SMILES string of the molecule is CC(C)O[Si](O)(OC(C)C)c1cccc(C(F)(F)F)c1. The van der Waals surface area contributed by atoms with Crippen LogP contribution < -0.4 is 5.19 Å². The zero-order chi connectivity index (χ0) is 15.6. The molecule has 1 N–H and O–H groups in total. The van der Waals surface area contributed by atoms with E-state index in [1.165, 1.54) is 12.1 Å². The van der Waals surface area contributed by atoms with Crippen molar-refractivity contribution in [2.75, 3.05) is 0 Å². The van der Waals surface area contributed by atoms with Crippen molar-refractivity contribution in [2.24, 2.45) is 0 Å². The quantitative estimate of drug-likeness (QED) is 0.850. The first-order chi connectivity index (χ1) is 9.04. The van der Waals surface area contributed by atoms with Crippen LogP contribution in [0.1, 0.15) is 33.3 Å². The lowest BCUT2D eigenvalue weighted by atomic mass is 10.2. The van der Waals surface area contributed by atoms with Crippen molar-refractivity contribution in [1.82, 2.24) is 0 Å². The monoisotopic (exact) mass is 308 g/mol. The number of benzene rings is 1. The molecule has 0 aliphatic heterocycles. The van der Waals surface area contributed by atoms with E-state index in [0.717, 1.165) is 12.1 Å². The van der Waals surface area contributed by atoms with Crippen LogP contribution in [0.2, 0.25) is 0 Å². The highest BCUT2D eigenvalue weighted by Crippen LogP contribution is 2.28. The minimum atomic E-state index is -4.47. The van der Waals surface area contributed by atoms with Gasteiger partial charge in [0.25, 0.3) is 0 Å². The second kappa shape index (κ2) is 6.25. The molecule has 3 nitrogen and oxygen atoms in total. The molecule has 0 aliphatic rings. The summed E-state index contributed by atoms with van der Waals surface area (Å²) >= 11 is 0. The number of hydrogen-bond donors (Lipinski definition) is 1. The summed E-state index contributed by atoms with van der Waals surface area (Å²) in [5.74, 6) is 0. The van der Waals surface area contributed by atoms with Gasteiger partial charge in [0.2, 0.25) is 0 Å². The van der Waals surface area contributed by atoms with Gasteiger partial charge in [-0.05, 0) is 33.8 Å². The van der Waals surface area contributed by atoms with E-state index < -0.39 is 20.5 Å². The molecule has 0 unspecified atom stereocenters. The Morgan fingerprint density at radius 2 is 1.55 bits per heavy atom. The van der Waals surface area contributed by atoms with Crippen LogP contribution in [0.5, 0.6) is 0 Å². The molecule has 0 saturated carbocycles. The van der Waals surface area contributed by atoms with Gasteiger partial charge < -0.3 is 13.6 Å². The molecular formula is C13H19F3O3Si. The lowest BCUT2D eigenvalue weighted by molar-refractivity contribution is -0.137. The van der Waals surface area contributed by atoms with Gasteiger partial charge in [0.05, 0.1) is 5.56 Å². The summed E-state index contributed by atoms with van der Waals surface area (Å²) in [5.41, 5.74) is -0.833. The fourth-order valence-corrected chi connectivity index (χ4v) is 3.95. The molecule has 0 aliphatic carbocycles. The molecule has 1 aromatic carbocycles. The molecule has 0 atom stereocenters. The fraction of sp³-hybridized carbons (Fsp3) is 0.538. The van der Waals surface area contributed by atoms with Gasteiger partial charge in [-0.1, -0.05) is 18.2 Å². The first kappa shape index (κ1) is 17.2. The Morgan fingerprint density at radius 3 is 1.95 bits per heavy atom. The lowest BCUT2D eigenvalue weighted by Gasteiger charge is -2.28. The minimum Gasteiger partial charge on any atom is -0.386 e. The molecular weight excluding hydrogens is 289 g/mol. The van der Waals surface area contributed by atoms with Gasteiger partial charge in [-0.25, -0.2) is 0 Å². The van der Waals surface area contributed by atoms with E-state index in [9.17, 15) is 18.0 Å². The third-order valence-corrected chi connectivity index (χ3v) is 4.97. The summed E-state index contributed by atoms with van der Waals surface area (Å²) in [7, 11) is -3.86. The Labute approximate surface area is 117 Å². The Kier molecular flexibility index (Phi) is 5.37. The van der Waals surface area contributed by atoms with Crippen LogP contribution in [0.15, 0.2) is 24.3 Å². The van der Waals surface area contributed by atoms with Crippen molar-refractivity contribution in [3.63, 3.8) is 0 Å². The summed E-state index contributed by atoms with van der Waals surface area (Å²) < 4.78 is 49.0. The minimum absolute atomic E-state index is 0.0507. The van der Waals surface area contributed by atoms with Crippen molar-refractivity contribution in [3.05, 3.63) is 29.8 Å². The van der Waals surface area contributed by atoms with Gasteiger partial charge in [-0.15, -0.1) is 0 Å². The molecule has 20 heavy (non-hydrogen) atoms. The van der Waals surface area contributed by atoms with Gasteiger partial charge >= 0.3 is 15.0 Å². The maximum atomic E-state index is 12.7. The maximum Gasteiger partial charge on any atom is 0.534 e. The van der Waals surface area contributed by atoms with Gasteiger partial charge in [-0.3, -0.25) is 0 Å². The van der Waals surface area contributed by atoms with Crippen LogP contribution >= 0.6 is 0 Å². The van der Waals surface area contributed by atoms with Crippen molar-refractivity contribution in [3.8, 4) is 0 Å². The highest BCUT2D eigenvalue weighted by Gasteiger charge is 2.43. The van der Waals surface area contributed by atoms with Crippen molar-refractivity contribution < 1.29 is 26.8 Å². The van der Waals surface area contributed by atoms with Crippen LogP contribution in [0, 0.1) is 0 Å². The highest BCUT2D eigenvalue weighted by molar-refractivity contribution is 6.74. The zero-order valence-electron chi connectivity index (χ0n) is 11.9. The third-order valence-electron chi connectivity index (χ3n) is 2.35. The first-order valence-corrected chi connectivity index (χ1v) is 8.06. The lowest BCUT2D eigenvalue weighted by Crippen LogP contribution is -2.57. The molecule has 0 heterocycles. The van der Waals surface area contributed by atoms with E-state index in [1.54, 1.807) is 27.7 Å². The Hall–Kier alpha value is -0.893. The number of alkyl halides is 3. The van der Waals surface area contributed by atoms with Crippen LogP contribution in [-0.4, -0.2) is 25.8 Å². The van der Waals surface area contributed by atoms with Crippen LogP contribution in [0.4, 0.5) is 13.2 Å². The Morgan fingerprint density at radius 1 is 1.05 bits per heavy atom. The summed E-state index contributed by atoms with van der Waals surface area (Å²) in [6.07, 6.45) is -5.19. The summed E-state index contributed by atoms with van der Waals surface area (Å²) in [5, 5.41) is 0.0507. The maximum absolute atomic E-state index is 12.7. The van der Waals surface area contributed by atoms with Crippen LogP contribution in [0.25, 0.3) is 0 Å². The van der Waals surface area contributed by atoms with Gasteiger partial charge in [-0.2, -0.15) is 13.2 Å². The normalized spacial score (nSPS) is 13.3. The van der Waals surface area contributed by atoms with Crippen molar-refractivity contribution in [1.29, 1.82) is 0 Å². The molecule has 1 rings (SSSR count). The van der Waals surface area contributed by atoms with E-state index in [-0.39, 0.29) is 17.4 Å². The molecule has 0 amide bonds. The zero-order valence-corrected chi connectivity index (χ0v) is 12.9. The number of rotatable bonds is 5. The predicted octanol–water partition coefficient (Wildman–Crippen LogP) is 2.69. The third kappa shape index (κ3) is 4.59. The summed E-state index contributed by atoms with van der Waals surface area (Å²) in [6.45, 7) is 6.76. The smallest absolute Gasteiger partial charge is 0.386 e. The average molecular weight is 308 g/mol. The standard InChI is InChI=1S/C13H19F3O3Si/c1-9(2)18-20(17,19-10(3)4)12-7-5-6-11(8-12)13(14,15)16/h5-10,17H,1-4H3. The molecule has 0 fully saturated rings. The first-order valence-electron chi connectivity index (χ1n) is 6.30.